The number of methoxy groups -OCH3 is 2. The molecule has 1 amide bonds. The van der Waals surface area contributed by atoms with E-state index in [1.165, 1.54) is 11.3 Å². The van der Waals surface area contributed by atoms with Gasteiger partial charge in [0.2, 0.25) is 0 Å². The summed E-state index contributed by atoms with van der Waals surface area (Å²) >= 11 is 1.47. The number of rotatable bonds is 5. The number of nitrogens with zero attached hydrogens (tertiary/aromatic N) is 1. The van der Waals surface area contributed by atoms with Crippen molar-refractivity contribution in [1.82, 2.24) is 10.2 Å². The number of ether oxygens (including phenoxy) is 2. The minimum absolute atomic E-state index is 0.0327. The van der Waals surface area contributed by atoms with Crippen LogP contribution in [0.3, 0.4) is 0 Å². The van der Waals surface area contributed by atoms with Gasteiger partial charge in [-0.2, -0.15) is 0 Å². The molecule has 5 nitrogen and oxygen atoms in total. The van der Waals surface area contributed by atoms with E-state index in [0.29, 0.717) is 6.61 Å². The summed E-state index contributed by atoms with van der Waals surface area (Å²) < 4.78 is 10.5. The lowest BCUT2D eigenvalue weighted by Gasteiger charge is -2.17. The largest absolute Gasteiger partial charge is 0.379 e. The molecule has 0 bridgehead atoms. The lowest BCUT2D eigenvalue weighted by Crippen LogP contribution is -2.43. The molecule has 0 aliphatic carbocycles. The van der Waals surface area contributed by atoms with E-state index in [9.17, 15) is 4.79 Å². The van der Waals surface area contributed by atoms with Crippen molar-refractivity contribution in [2.45, 2.75) is 18.8 Å². The van der Waals surface area contributed by atoms with Gasteiger partial charge < -0.3 is 19.7 Å². The van der Waals surface area contributed by atoms with E-state index in [2.05, 4.69) is 10.2 Å². The number of nitrogens with one attached hydrogen (secondary N) is 1. The van der Waals surface area contributed by atoms with Crippen LogP contribution in [-0.4, -0.2) is 57.3 Å². The van der Waals surface area contributed by atoms with Crippen molar-refractivity contribution in [3.63, 3.8) is 0 Å². The molecule has 2 rings (SSSR count). The summed E-state index contributed by atoms with van der Waals surface area (Å²) in [5.41, 5.74) is 0. The number of hydrogen-bond acceptors (Lipinski definition) is 5. The summed E-state index contributed by atoms with van der Waals surface area (Å²) in [6, 6.07) is 3.82. The summed E-state index contributed by atoms with van der Waals surface area (Å²) in [6.45, 7) is 2.21. The van der Waals surface area contributed by atoms with Gasteiger partial charge in [0.1, 0.15) is 0 Å². The van der Waals surface area contributed by atoms with Crippen molar-refractivity contribution in [3.05, 3.63) is 21.9 Å². The highest BCUT2D eigenvalue weighted by Crippen LogP contribution is 2.18. The van der Waals surface area contributed by atoms with E-state index in [4.69, 9.17) is 9.47 Å². The number of carbonyl (C=O) groups excluding carboxylic acids is 1. The highest BCUT2D eigenvalue weighted by Gasteiger charge is 2.32. The Labute approximate surface area is 117 Å². The maximum Gasteiger partial charge on any atom is 0.261 e. The van der Waals surface area contributed by atoms with Crippen LogP contribution in [0.25, 0.3) is 0 Å². The molecule has 6 heteroatoms. The predicted molar refractivity (Wildman–Crippen MR) is 74.6 cm³/mol. The fourth-order valence-electron chi connectivity index (χ4n) is 2.30. The molecule has 1 saturated heterocycles. The molecule has 19 heavy (non-hydrogen) atoms. The smallest absolute Gasteiger partial charge is 0.261 e. The van der Waals surface area contributed by atoms with Crippen LogP contribution >= 0.6 is 11.3 Å². The monoisotopic (exact) mass is 284 g/mol. The van der Waals surface area contributed by atoms with Gasteiger partial charge >= 0.3 is 0 Å². The molecule has 0 radical (unpaired) electrons. The Balaban J connectivity index is 1.96. The van der Waals surface area contributed by atoms with Crippen molar-refractivity contribution in [2.75, 3.05) is 34.4 Å². The Bertz CT molecular complexity index is 435. The van der Waals surface area contributed by atoms with Gasteiger partial charge in [0, 0.05) is 32.2 Å². The van der Waals surface area contributed by atoms with E-state index < -0.39 is 0 Å². The highest BCUT2D eigenvalue weighted by atomic mass is 32.1. The van der Waals surface area contributed by atoms with E-state index in [-0.39, 0.29) is 18.1 Å². The Morgan fingerprint density at radius 2 is 2.26 bits per heavy atom. The van der Waals surface area contributed by atoms with Gasteiger partial charge in [-0.05, 0) is 19.2 Å². The third-order valence-corrected chi connectivity index (χ3v) is 4.30. The molecule has 0 saturated carbocycles. The normalized spacial score (nSPS) is 23.7. The second kappa shape index (κ2) is 6.47. The summed E-state index contributed by atoms with van der Waals surface area (Å²) in [6.07, 6.45) is 0.0624. The molecule has 106 valence electrons. The number of carbonyl (C=O) groups is 1. The van der Waals surface area contributed by atoms with Gasteiger partial charge in [0.25, 0.3) is 5.91 Å². The zero-order chi connectivity index (χ0) is 13.8. The topological polar surface area (TPSA) is 50.8 Å². The fourth-order valence-corrected chi connectivity index (χ4v) is 3.18. The van der Waals surface area contributed by atoms with Gasteiger partial charge in [0.05, 0.1) is 23.6 Å². The van der Waals surface area contributed by atoms with E-state index >= 15 is 0 Å². The van der Waals surface area contributed by atoms with Crippen LogP contribution in [-0.2, 0) is 16.1 Å². The van der Waals surface area contributed by atoms with Crippen LogP contribution < -0.4 is 5.32 Å². The first-order valence-electron chi connectivity index (χ1n) is 6.24. The molecule has 2 heterocycles. The van der Waals surface area contributed by atoms with Crippen molar-refractivity contribution in [2.24, 2.45) is 0 Å². The van der Waals surface area contributed by atoms with Crippen molar-refractivity contribution in [3.8, 4) is 0 Å². The molecular formula is C13H20N2O3S. The maximum atomic E-state index is 12.2. The number of thiophene rings is 1. The molecule has 1 aromatic rings. The van der Waals surface area contributed by atoms with Gasteiger partial charge in [-0.25, -0.2) is 0 Å². The van der Waals surface area contributed by atoms with Gasteiger partial charge in [-0.3, -0.25) is 4.79 Å². The van der Waals surface area contributed by atoms with Crippen molar-refractivity contribution < 1.29 is 14.3 Å². The van der Waals surface area contributed by atoms with Crippen LogP contribution in [0, 0.1) is 0 Å². The molecule has 2 atom stereocenters. The minimum atomic E-state index is -0.0327. The molecule has 0 unspecified atom stereocenters. The summed E-state index contributed by atoms with van der Waals surface area (Å²) in [7, 11) is 5.36. The van der Waals surface area contributed by atoms with E-state index in [0.717, 1.165) is 22.8 Å². The quantitative estimate of drug-likeness (QED) is 0.875. The standard InChI is InChI=1S/C13H20N2O3S/c1-15-6-10(11(7-15)18-3)14-13(16)12-5-4-9(19-12)8-17-2/h4-5,10-11H,6-8H2,1-3H3,(H,14,16)/t10-,11-/m0/s1. The van der Waals surface area contributed by atoms with Crippen LogP contribution in [0.1, 0.15) is 14.5 Å². The Kier molecular flexibility index (Phi) is 4.93. The Morgan fingerprint density at radius 3 is 2.95 bits per heavy atom. The summed E-state index contributed by atoms with van der Waals surface area (Å²) in [4.78, 5) is 16.1. The van der Waals surface area contributed by atoms with Gasteiger partial charge in [-0.15, -0.1) is 11.3 Å². The van der Waals surface area contributed by atoms with Gasteiger partial charge in [-0.1, -0.05) is 0 Å². The first-order chi connectivity index (χ1) is 9.13. The molecule has 1 aliphatic rings. The maximum absolute atomic E-state index is 12.2. The third-order valence-electron chi connectivity index (χ3n) is 3.24. The van der Waals surface area contributed by atoms with E-state index in [1.54, 1.807) is 14.2 Å². The first kappa shape index (κ1) is 14.5. The number of likely N-dealkylation sites (N-methyl/N-ethyl adjacent to an activating group) is 1. The lowest BCUT2D eigenvalue weighted by atomic mass is 10.2. The fraction of sp³-hybridized carbons (Fsp3) is 0.615. The second-order valence-electron chi connectivity index (χ2n) is 4.77. The molecule has 0 aromatic carbocycles. The Morgan fingerprint density at radius 1 is 1.47 bits per heavy atom. The molecule has 0 spiro atoms. The Hall–Kier alpha value is -0.950. The molecular weight excluding hydrogens is 264 g/mol. The average molecular weight is 284 g/mol. The number of hydrogen-bond donors (Lipinski definition) is 1. The summed E-state index contributed by atoms with van der Waals surface area (Å²) in [5.74, 6) is -0.0327. The minimum Gasteiger partial charge on any atom is -0.379 e. The van der Waals surface area contributed by atoms with Crippen LogP contribution in [0.2, 0.25) is 0 Å². The number of likely N-dealkylation sites (tertiary alicyclic amines) is 1. The summed E-state index contributed by atoms with van der Waals surface area (Å²) in [5, 5.41) is 3.05. The zero-order valence-corrected chi connectivity index (χ0v) is 12.3. The molecule has 1 aromatic heterocycles. The SMILES string of the molecule is COCc1ccc(C(=O)N[C@H]2CN(C)C[C@@H]2OC)s1. The molecule has 1 fully saturated rings. The van der Waals surface area contributed by atoms with Crippen LogP contribution in [0.4, 0.5) is 0 Å². The third kappa shape index (κ3) is 3.54. The lowest BCUT2D eigenvalue weighted by molar-refractivity contribution is 0.0768. The molecule has 1 aliphatic heterocycles. The van der Waals surface area contributed by atoms with Crippen LogP contribution in [0.15, 0.2) is 12.1 Å². The highest BCUT2D eigenvalue weighted by molar-refractivity contribution is 7.14. The first-order valence-corrected chi connectivity index (χ1v) is 7.05. The second-order valence-corrected chi connectivity index (χ2v) is 5.94. The number of amides is 1. The van der Waals surface area contributed by atoms with E-state index in [1.807, 2.05) is 19.2 Å². The average Bonchev–Trinajstić information content (AvgIpc) is 2.96. The van der Waals surface area contributed by atoms with Crippen molar-refractivity contribution in [1.29, 1.82) is 0 Å². The van der Waals surface area contributed by atoms with Crippen molar-refractivity contribution >= 4 is 17.2 Å². The molecule has 1 N–H and O–H groups in total. The zero-order valence-electron chi connectivity index (χ0n) is 11.5. The predicted octanol–water partition coefficient (Wildman–Crippen LogP) is 0.953. The van der Waals surface area contributed by atoms with Crippen LogP contribution in [0.5, 0.6) is 0 Å². The van der Waals surface area contributed by atoms with Gasteiger partial charge in [0.15, 0.2) is 0 Å².